The lowest BCUT2D eigenvalue weighted by atomic mass is 10.1. The van der Waals surface area contributed by atoms with E-state index >= 15 is 0 Å². The minimum atomic E-state index is -1.23. The number of hydrogen-bond donors (Lipinski definition) is 4. The van der Waals surface area contributed by atoms with Crippen LogP contribution in [0, 0.1) is 0 Å². The maximum Gasteiger partial charge on any atom is 0.425 e. The topological polar surface area (TPSA) is 168 Å². The molecule has 0 aliphatic rings. The molecule has 42 heavy (non-hydrogen) atoms. The van der Waals surface area contributed by atoms with Crippen LogP contribution >= 0.6 is 0 Å². The Kier molecular flexibility index (Phi) is 10.2. The van der Waals surface area contributed by atoms with Crippen LogP contribution in [0.2, 0.25) is 0 Å². The fourth-order valence-corrected chi connectivity index (χ4v) is 3.95. The number of aromatic nitrogens is 4. The van der Waals surface area contributed by atoms with Crippen LogP contribution in [0.1, 0.15) is 58.8 Å². The summed E-state index contributed by atoms with van der Waals surface area (Å²) in [7, 11) is 0. The molecule has 0 atom stereocenters. The van der Waals surface area contributed by atoms with Gasteiger partial charge in [0.25, 0.3) is 0 Å². The molecule has 0 spiro atoms. The van der Waals surface area contributed by atoms with E-state index in [1.54, 1.807) is 36.7 Å². The van der Waals surface area contributed by atoms with Gasteiger partial charge in [-0.05, 0) is 88.1 Å². The van der Waals surface area contributed by atoms with Crippen molar-refractivity contribution in [3.05, 3.63) is 83.4 Å². The summed E-state index contributed by atoms with van der Waals surface area (Å²) < 4.78 is 9.98. The molecule has 2 heterocycles. The number of H-pyrrole nitrogens is 2. The first-order valence-corrected chi connectivity index (χ1v) is 13.5. The largest absolute Gasteiger partial charge is 0.425 e. The van der Waals surface area contributed by atoms with Crippen molar-refractivity contribution in [2.24, 2.45) is 0 Å². The summed E-state index contributed by atoms with van der Waals surface area (Å²) >= 11 is 0. The van der Waals surface area contributed by atoms with E-state index in [0.29, 0.717) is 48.4 Å². The molecule has 0 amide bonds. The average Bonchev–Trinajstić information content (AvgIpc) is 3.63. The van der Waals surface area contributed by atoms with Gasteiger partial charge in [0.1, 0.15) is 0 Å². The quantitative estimate of drug-likeness (QED) is 0.0746. The number of Topliss-reactive ketones (excluding diaryl/α,β-unsaturated/α-hetero) is 2. The first kappa shape index (κ1) is 29.7. The first-order valence-electron chi connectivity index (χ1n) is 13.5. The smallest absolute Gasteiger partial charge is 0.385 e. The number of rotatable bonds is 14. The third-order valence-electron chi connectivity index (χ3n) is 6.22. The highest BCUT2D eigenvalue weighted by Crippen LogP contribution is 2.13. The molecular weight excluding hydrogens is 540 g/mol. The molecule has 4 rings (SSSR count). The molecule has 0 aliphatic carbocycles. The van der Waals surface area contributed by atoms with Crippen LogP contribution in [-0.4, -0.2) is 56.5 Å². The molecule has 4 N–H and O–H groups in total. The molecule has 0 radical (unpaired) electrons. The number of anilines is 2. The van der Waals surface area contributed by atoms with Crippen LogP contribution in [0.3, 0.4) is 0 Å². The van der Waals surface area contributed by atoms with E-state index in [-0.39, 0.29) is 23.6 Å². The molecule has 12 heteroatoms. The molecule has 0 aliphatic heterocycles. The molecule has 12 nitrogen and oxygen atoms in total. The third-order valence-corrected chi connectivity index (χ3v) is 6.22. The number of benzene rings is 2. The van der Waals surface area contributed by atoms with E-state index in [4.69, 9.17) is 9.47 Å². The summed E-state index contributed by atoms with van der Waals surface area (Å²) in [5, 5.41) is 6.54. The van der Waals surface area contributed by atoms with E-state index in [9.17, 15) is 19.2 Å². The lowest BCUT2D eigenvalue weighted by Gasteiger charge is -2.06. The molecule has 0 saturated heterocycles. The number of esters is 2. The minimum Gasteiger partial charge on any atom is -0.385 e. The highest BCUT2D eigenvalue weighted by Gasteiger charge is 2.22. The van der Waals surface area contributed by atoms with Gasteiger partial charge in [-0.2, -0.15) is 0 Å². The Morgan fingerprint density at radius 1 is 0.643 bits per heavy atom. The number of nitrogens with one attached hydrogen (secondary N) is 4. The van der Waals surface area contributed by atoms with Gasteiger partial charge in [0.2, 0.25) is 0 Å². The van der Waals surface area contributed by atoms with Crippen molar-refractivity contribution >= 4 is 34.9 Å². The Labute approximate surface area is 242 Å². The lowest BCUT2D eigenvalue weighted by molar-refractivity contribution is -0.156. The molecule has 0 saturated carbocycles. The standard InChI is InChI=1S/C30H32N6O6/c1-19(37)21-7-11-23(12-8-21)31-15-3-5-25-17-33-29(35-25)41-27(39)28(40)42-30-34-18-26(36-30)6-4-16-32-24-13-9-22(10-14-24)20(2)38/h7-14,17-18,31-32H,3-6,15-16H2,1-2H3,(H,33,35)(H,34,36). The summed E-state index contributed by atoms with van der Waals surface area (Å²) in [4.78, 5) is 60.9. The zero-order valence-electron chi connectivity index (χ0n) is 23.4. The number of aromatic amines is 2. The third kappa shape index (κ3) is 8.88. The van der Waals surface area contributed by atoms with E-state index in [2.05, 4.69) is 30.6 Å². The van der Waals surface area contributed by atoms with Gasteiger partial charge in [-0.25, -0.2) is 19.6 Å². The van der Waals surface area contributed by atoms with Gasteiger partial charge >= 0.3 is 24.0 Å². The van der Waals surface area contributed by atoms with Gasteiger partial charge in [0.15, 0.2) is 11.6 Å². The number of ketones is 2. The van der Waals surface area contributed by atoms with Gasteiger partial charge in [-0.3, -0.25) is 9.59 Å². The van der Waals surface area contributed by atoms with Crippen molar-refractivity contribution in [2.45, 2.75) is 39.5 Å². The Morgan fingerprint density at radius 2 is 1.02 bits per heavy atom. The summed E-state index contributed by atoms with van der Waals surface area (Å²) in [6.45, 7) is 4.40. The van der Waals surface area contributed by atoms with Gasteiger partial charge in [-0.1, -0.05) is 0 Å². The second-order valence-corrected chi connectivity index (χ2v) is 9.50. The van der Waals surface area contributed by atoms with Crippen LogP contribution in [0.5, 0.6) is 12.0 Å². The lowest BCUT2D eigenvalue weighted by Crippen LogP contribution is -2.26. The van der Waals surface area contributed by atoms with Crippen molar-refractivity contribution in [1.82, 2.24) is 19.9 Å². The van der Waals surface area contributed by atoms with Crippen LogP contribution in [-0.2, 0) is 22.4 Å². The first-order chi connectivity index (χ1) is 20.3. The monoisotopic (exact) mass is 572 g/mol. The maximum absolute atomic E-state index is 12.2. The van der Waals surface area contributed by atoms with Crippen LogP contribution < -0.4 is 20.1 Å². The maximum atomic E-state index is 12.2. The summed E-state index contributed by atoms with van der Waals surface area (Å²) in [5.41, 5.74) is 4.46. The van der Waals surface area contributed by atoms with Gasteiger partial charge in [0.05, 0.1) is 11.4 Å². The molecule has 0 bridgehead atoms. The average molecular weight is 573 g/mol. The number of carbonyl (C=O) groups is 4. The summed E-state index contributed by atoms with van der Waals surface area (Å²) in [5.74, 6) is -2.42. The SMILES string of the molecule is CC(=O)c1ccc(NCCCc2c[nH]c(OC(=O)C(=O)Oc3nc(CCCNc4ccc(C(C)=O)cc4)c[nH]3)n2)cc1. The van der Waals surface area contributed by atoms with Crippen LogP contribution in [0.15, 0.2) is 60.9 Å². The van der Waals surface area contributed by atoms with E-state index < -0.39 is 11.9 Å². The van der Waals surface area contributed by atoms with Crippen LogP contribution in [0.25, 0.3) is 0 Å². The van der Waals surface area contributed by atoms with Crippen molar-refractivity contribution in [3.63, 3.8) is 0 Å². The summed E-state index contributed by atoms with van der Waals surface area (Å²) in [6.07, 6.45) is 5.91. The number of hydrogen-bond acceptors (Lipinski definition) is 10. The number of aryl methyl sites for hydroxylation is 2. The van der Waals surface area contributed by atoms with E-state index in [1.807, 2.05) is 24.3 Å². The predicted octanol–water partition coefficient (Wildman–Crippen LogP) is 4.14. The highest BCUT2D eigenvalue weighted by molar-refractivity contribution is 6.30. The second kappa shape index (κ2) is 14.4. The highest BCUT2D eigenvalue weighted by atomic mass is 16.6. The molecular formula is C30H32N6O6. The normalized spacial score (nSPS) is 10.6. The van der Waals surface area contributed by atoms with E-state index in [0.717, 1.165) is 24.2 Å². The Bertz CT molecular complexity index is 1410. The minimum absolute atomic E-state index is 0.0202. The number of carbonyl (C=O) groups excluding carboxylic acids is 4. The Balaban J connectivity index is 1.13. The fourth-order valence-electron chi connectivity index (χ4n) is 3.95. The number of imidazole rings is 2. The van der Waals surface area contributed by atoms with Gasteiger partial charge < -0.3 is 30.1 Å². The Hall–Kier alpha value is -5.26. The van der Waals surface area contributed by atoms with Crippen molar-refractivity contribution in [1.29, 1.82) is 0 Å². The summed E-state index contributed by atoms with van der Waals surface area (Å²) in [6, 6.07) is 14.3. The van der Waals surface area contributed by atoms with Crippen molar-refractivity contribution in [2.75, 3.05) is 23.7 Å². The Morgan fingerprint density at radius 3 is 1.38 bits per heavy atom. The van der Waals surface area contributed by atoms with Crippen molar-refractivity contribution < 1.29 is 28.7 Å². The van der Waals surface area contributed by atoms with Gasteiger partial charge in [-0.15, -0.1) is 0 Å². The second-order valence-electron chi connectivity index (χ2n) is 9.50. The van der Waals surface area contributed by atoms with E-state index in [1.165, 1.54) is 13.8 Å². The number of nitrogens with zero attached hydrogens (tertiary/aromatic N) is 2. The number of ether oxygens (including phenoxy) is 2. The van der Waals surface area contributed by atoms with Gasteiger partial charge in [0, 0.05) is 48.0 Å². The molecule has 4 aromatic rings. The molecule has 2 aromatic heterocycles. The molecule has 2 aromatic carbocycles. The van der Waals surface area contributed by atoms with Crippen LogP contribution in [0.4, 0.5) is 11.4 Å². The van der Waals surface area contributed by atoms with Crippen molar-refractivity contribution in [3.8, 4) is 12.0 Å². The molecule has 218 valence electrons. The zero-order valence-corrected chi connectivity index (χ0v) is 23.4. The molecule has 0 fully saturated rings. The fraction of sp³-hybridized carbons (Fsp3) is 0.267. The molecule has 0 unspecified atom stereocenters. The zero-order chi connectivity index (χ0) is 29.9. The predicted molar refractivity (Wildman–Crippen MR) is 155 cm³/mol.